The maximum atomic E-state index is 13.1. The van der Waals surface area contributed by atoms with Crippen molar-refractivity contribution in [3.63, 3.8) is 0 Å². The Bertz CT molecular complexity index is 771. The number of carbonyl (C=O) groups excluding carboxylic acids is 3. The first-order valence-electron chi connectivity index (χ1n) is 11.0. The Morgan fingerprint density at radius 1 is 1.10 bits per heavy atom. The third kappa shape index (κ3) is 8.59. The molecule has 0 fully saturated rings. The zero-order valence-electron chi connectivity index (χ0n) is 20.3. The summed E-state index contributed by atoms with van der Waals surface area (Å²) in [4.78, 5) is 39.6. The number of hydrogen-bond acceptors (Lipinski definition) is 4. The molecule has 0 aliphatic rings. The molecule has 0 bridgehead atoms. The first-order valence-corrected chi connectivity index (χ1v) is 11.0. The van der Waals surface area contributed by atoms with Gasteiger partial charge in [-0.25, -0.2) is 4.79 Å². The van der Waals surface area contributed by atoms with Crippen molar-refractivity contribution in [1.29, 1.82) is 0 Å². The van der Waals surface area contributed by atoms with Crippen LogP contribution in [0.1, 0.15) is 76.6 Å². The lowest BCUT2D eigenvalue weighted by Crippen LogP contribution is -2.50. The molecule has 3 amide bonds. The van der Waals surface area contributed by atoms with Crippen LogP contribution in [0, 0.1) is 13.8 Å². The molecular formula is C24H39N3O4. The van der Waals surface area contributed by atoms with Gasteiger partial charge in [-0.2, -0.15) is 0 Å². The quantitative estimate of drug-likeness (QED) is 0.576. The predicted octanol–water partition coefficient (Wildman–Crippen LogP) is 4.02. The fraction of sp³-hybridized carbons (Fsp3) is 0.625. The molecule has 0 aromatic heterocycles. The largest absolute Gasteiger partial charge is 0.444 e. The second-order valence-electron chi connectivity index (χ2n) is 9.06. The van der Waals surface area contributed by atoms with Crippen LogP contribution in [-0.2, 0) is 14.3 Å². The molecule has 7 heteroatoms. The Morgan fingerprint density at radius 2 is 1.74 bits per heavy atom. The van der Waals surface area contributed by atoms with Gasteiger partial charge in [-0.1, -0.05) is 38.0 Å². The molecule has 0 saturated heterocycles. The SMILES string of the molecule is CCCCCNC(=O)C(c1ccc(C)c(C)c1)N(C)C(=O)C(C)NC(=O)OC(C)(C)C. The molecule has 31 heavy (non-hydrogen) atoms. The van der Waals surface area contributed by atoms with E-state index in [1.165, 1.54) is 4.90 Å². The van der Waals surface area contributed by atoms with E-state index < -0.39 is 23.8 Å². The molecule has 1 aromatic carbocycles. The van der Waals surface area contributed by atoms with Crippen LogP contribution in [0.3, 0.4) is 0 Å². The number of nitrogens with one attached hydrogen (secondary N) is 2. The van der Waals surface area contributed by atoms with Crippen LogP contribution in [0.5, 0.6) is 0 Å². The highest BCUT2D eigenvalue weighted by atomic mass is 16.6. The number of amides is 3. The summed E-state index contributed by atoms with van der Waals surface area (Å²) < 4.78 is 5.24. The van der Waals surface area contributed by atoms with Gasteiger partial charge < -0.3 is 20.3 Å². The van der Waals surface area contributed by atoms with Crippen molar-refractivity contribution in [2.45, 2.75) is 85.4 Å². The molecule has 0 heterocycles. The molecule has 2 N–H and O–H groups in total. The smallest absolute Gasteiger partial charge is 0.408 e. The van der Waals surface area contributed by atoms with Crippen LogP contribution < -0.4 is 10.6 Å². The Balaban J connectivity index is 3.04. The van der Waals surface area contributed by atoms with Crippen LogP contribution in [-0.4, -0.2) is 48.0 Å². The van der Waals surface area contributed by atoms with Gasteiger partial charge in [-0.15, -0.1) is 0 Å². The highest BCUT2D eigenvalue weighted by molar-refractivity contribution is 5.91. The average Bonchev–Trinajstić information content (AvgIpc) is 2.65. The van der Waals surface area contributed by atoms with Gasteiger partial charge in [0.2, 0.25) is 11.8 Å². The van der Waals surface area contributed by atoms with E-state index in [1.54, 1.807) is 34.7 Å². The fourth-order valence-corrected chi connectivity index (χ4v) is 3.15. The number of carbonyl (C=O) groups is 3. The predicted molar refractivity (Wildman–Crippen MR) is 123 cm³/mol. The Hall–Kier alpha value is -2.57. The molecule has 0 aliphatic carbocycles. The van der Waals surface area contributed by atoms with Crippen LogP contribution >= 0.6 is 0 Å². The third-order valence-corrected chi connectivity index (χ3v) is 5.01. The van der Waals surface area contributed by atoms with E-state index in [0.29, 0.717) is 6.54 Å². The lowest BCUT2D eigenvalue weighted by molar-refractivity contribution is -0.140. The van der Waals surface area contributed by atoms with E-state index in [-0.39, 0.29) is 11.8 Å². The van der Waals surface area contributed by atoms with E-state index in [1.807, 2.05) is 32.0 Å². The first-order chi connectivity index (χ1) is 14.4. The molecule has 174 valence electrons. The van der Waals surface area contributed by atoms with Crippen LogP contribution in [0.25, 0.3) is 0 Å². The Labute approximate surface area is 186 Å². The standard InChI is InChI=1S/C24H39N3O4/c1-9-10-11-14-25-21(28)20(19-13-12-16(2)17(3)15-19)27(8)22(29)18(4)26-23(30)31-24(5,6)7/h12-13,15,18,20H,9-11,14H2,1-8H3,(H,25,28)(H,26,30). The molecule has 2 unspecified atom stereocenters. The van der Waals surface area contributed by atoms with Gasteiger partial charge >= 0.3 is 6.09 Å². The van der Waals surface area contributed by atoms with E-state index in [4.69, 9.17) is 4.74 Å². The monoisotopic (exact) mass is 433 g/mol. The highest BCUT2D eigenvalue weighted by Crippen LogP contribution is 2.23. The van der Waals surface area contributed by atoms with Crippen molar-refractivity contribution in [3.8, 4) is 0 Å². The van der Waals surface area contributed by atoms with E-state index in [9.17, 15) is 14.4 Å². The van der Waals surface area contributed by atoms with Gasteiger partial charge in [0.25, 0.3) is 0 Å². The number of benzene rings is 1. The van der Waals surface area contributed by atoms with Crippen molar-refractivity contribution < 1.29 is 19.1 Å². The normalized spacial score (nSPS) is 13.2. The van der Waals surface area contributed by atoms with Gasteiger partial charge in [0.1, 0.15) is 17.7 Å². The highest BCUT2D eigenvalue weighted by Gasteiger charge is 2.32. The number of aryl methyl sites for hydroxylation is 2. The molecule has 7 nitrogen and oxygen atoms in total. The Morgan fingerprint density at radius 3 is 2.29 bits per heavy atom. The Kier molecular flexibility index (Phi) is 10.0. The summed E-state index contributed by atoms with van der Waals surface area (Å²) in [5.41, 5.74) is 2.22. The van der Waals surface area contributed by atoms with Crippen LogP contribution in [0.4, 0.5) is 4.79 Å². The second kappa shape index (κ2) is 11.7. The number of unbranched alkanes of at least 4 members (excludes halogenated alkanes) is 2. The lowest BCUT2D eigenvalue weighted by atomic mass is 9.99. The second-order valence-corrected chi connectivity index (χ2v) is 9.06. The molecule has 1 rings (SSSR count). The molecule has 0 aliphatic heterocycles. The summed E-state index contributed by atoms with van der Waals surface area (Å²) in [7, 11) is 1.58. The third-order valence-electron chi connectivity index (χ3n) is 5.01. The van der Waals surface area contributed by atoms with Gasteiger partial charge in [0.05, 0.1) is 0 Å². The number of rotatable bonds is 9. The summed E-state index contributed by atoms with van der Waals surface area (Å²) in [5, 5.41) is 5.51. The van der Waals surface area contributed by atoms with Crippen molar-refractivity contribution in [1.82, 2.24) is 15.5 Å². The molecular weight excluding hydrogens is 394 g/mol. The maximum absolute atomic E-state index is 13.1. The van der Waals surface area contributed by atoms with Crippen molar-refractivity contribution in [3.05, 3.63) is 34.9 Å². The summed E-state index contributed by atoms with van der Waals surface area (Å²) in [6.07, 6.45) is 2.30. The van der Waals surface area contributed by atoms with E-state index in [2.05, 4.69) is 17.6 Å². The number of nitrogens with zero attached hydrogens (tertiary/aromatic N) is 1. The molecule has 0 saturated carbocycles. The van der Waals surface area contributed by atoms with Crippen LogP contribution in [0.15, 0.2) is 18.2 Å². The van der Waals surface area contributed by atoms with Gasteiger partial charge in [-0.3, -0.25) is 9.59 Å². The summed E-state index contributed by atoms with van der Waals surface area (Å²) in [6.45, 7) is 13.5. The minimum absolute atomic E-state index is 0.236. The zero-order valence-corrected chi connectivity index (χ0v) is 20.3. The number of alkyl carbamates (subject to hydrolysis) is 1. The summed E-state index contributed by atoms with van der Waals surface area (Å²) >= 11 is 0. The first kappa shape index (κ1) is 26.5. The molecule has 0 spiro atoms. The molecule has 2 atom stereocenters. The molecule has 0 radical (unpaired) electrons. The van der Waals surface area contributed by atoms with Gasteiger partial charge in [0, 0.05) is 13.6 Å². The lowest BCUT2D eigenvalue weighted by Gasteiger charge is -2.31. The van der Waals surface area contributed by atoms with E-state index in [0.717, 1.165) is 36.0 Å². The number of ether oxygens (including phenoxy) is 1. The average molecular weight is 434 g/mol. The minimum Gasteiger partial charge on any atom is -0.444 e. The number of hydrogen-bond donors (Lipinski definition) is 2. The maximum Gasteiger partial charge on any atom is 0.408 e. The topological polar surface area (TPSA) is 87.7 Å². The zero-order chi connectivity index (χ0) is 23.8. The van der Waals surface area contributed by atoms with Gasteiger partial charge in [-0.05, 0) is 64.7 Å². The fourth-order valence-electron chi connectivity index (χ4n) is 3.15. The van der Waals surface area contributed by atoms with Crippen molar-refractivity contribution in [2.75, 3.05) is 13.6 Å². The van der Waals surface area contributed by atoms with E-state index >= 15 is 0 Å². The van der Waals surface area contributed by atoms with Crippen molar-refractivity contribution in [2.24, 2.45) is 0 Å². The van der Waals surface area contributed by atoms with Gasteiger partial charge in [0.15, 0.2) is 0 Å². The molecule has 1 aromatic rings. The number of likely N-dealkylation sites (N-methyl/N-ethyl adjacent to an activating group) is 1. The summed E-state index contributed by atoms with van der Waals surface area (Å²) in [5.74, 6) is -0.613. The van der Waals surface area contributed by atoms with Crippen LogP contribution in [0.2, 0.25) is 0 Å². The van der Waals surface area contributed by atoms with Crippen molar-refractivity contribution >= 4 is 17.9 Å². The minimum atomic E-state index is -0.846. The summed E-state index contributed by atoms with van der Waals surface area (Å²) in [6, 6.07) is 4.11.